The summed E-state index contributed by atoms with van der Waals surface area (Å²) in [4.78, 5) is 22.9. The number of halogens is 4. The zero-order chi connectivity index (χ0) is 15.5. The molecule has 0 N–H and O–H groups in total. The highest BCUT2D eigenvalue weighted by molar-refractivity contribution is 14.1. The molecule has 0 heterocycles. The molecule has 0 saturated heterocycles. The second-order valence-corrected chi connectivity index (χ2v) is 5.18. The first-order chi connectivity index (χ1) is 9.11. The Balaban J connectivity index is 2.91. The molecule has 20 heavy (non-hydrogen) atoms. The van der Waals surface area contributed by atoms with Crippen molar-refractivity contribution in [1.29, 1.82) is 0 Å². The molecule has 1 amide bonds. The van der Waals surface area contributed by atoms with E-state index in [0.717, 1.165) is 11.0 Å². The second kappa shape index (κ2) is 6.37. The molecule has 0 aliphatic rings. The lowest BCUT2D eigenvalue weighted by Gasteiger charge is -2.18. The highest BCUT2D eigenvalue weighted by Gasteiger charge is 2.28. The first kappa shape index (κ1) is 16.7. The van der Waals surface area contributed by atoms with Gasteiger partial charge in [-0.25, -0.2) is 0 Å². The fourth-order valence-electron chi connectivity index (χ4n) is 1.39. The van der Waals surface area contributed by atoms with E-state index in [1.807, 2.05) is 0 Å². The Labute approximate surface area is 126 Å². The van der Waals surface area contributed by atoms with Crippen LogP contribution in [0.15, 0.2) is 18.2 Å². The van der Waals surface area contributed by atoms with Crippen LogP contribution in [0.5, 0.6) is 0 Å². The molecular weight excluding hydrogens is 392 g/mol. The van der Waals surface area contributed by atoms with E-state index >= 15 is 0 Å². The molecule has 0 fully saturated rings. The number of hydrogen-bond acceptors (Lipinski definition) is 3. The quantitative estimate of drug-likeness (QED) is 0.442. The SMILES string of the molecule is CN(CCC(F)(F)F)C(=O)c1cc([N+](=O)[O-])ccc1I. The summed E-state index contributed by atoms with van der Waals surface area (Å²) in [5.74, 6) is -0.678. The molecule has 0 bridgehead atoms. The van der Waals surface area contributed by atoms with E-state index < -0.39 is 30.0 Å². The summed E-state index contributed by atoms with van der Waals surface area (Å²) in [7, 11) is 1.23. The molecule has 0 unspecified atom stereocenters. The topological polar surface area (TPSA) is 63.5 Å². The maximum absolute atomic E-state index is 12.1. The van der Waals surface area contributed by atoms with Crippen molar-refractivity contribution in [1.82, 2.24) is 4.90 Å². The van der Waals surface area contributed by atoms with Gasteiger partial charge in [0.2, 0.25) is 0 Å². The number of carbonyl (C=O) groups excluding carboxylic acids is 1. The van der Waals surface area contributed by atoms with Gasteiger partial charge in [0, 0.05) is 29.3 Å². The van der Waals surface area contributed by atoms with E-state index in [0.29, 0.717) is 3.57 Å². The molecule has 0 aromatic heterocycles. The molecule has 0 radical (unpaired) electrons. The van der Waals surface area contributed by atoms with Crippen molar-refractivity contribution >= 4 is 34.2 Å². The van der Waals surface area contributed by atoms with E-state index in [1.165, 1.54) is 19.2 Å². The first-order valence-corrected chi connectivity index (χ1v) is 6.46. The lowest BCUT2D eigenvalue weighted by molar-refractivity contribution is -0.384. The number of nitro benzene ring substituents is 1. The summed E-state index contributed by atoms with van der Waals surface area (Å²) in [6.45, 7) is -0.499. The van der Waals surface area contributed by atoms with Crippen LogP contribution in [0.4, 0.5) is 18.9 Å². The number of amides is 1. The minimum absolute atomic E-state index is 0.0180. The van der Waals surface area contributed by atoms with Crippen molar-refractivity contribution in [2.45, 2.75) is 12.6 Å². The van der Waals surface area contributed by atoms with E-state index in [1.54, 1.807) is 22.6 Å². The van der Waals surface area contributed by atoms with E-state index in [9.17, 15) is 28.1 Å². The van der Waals surface area contributed by atoms with Crippen LogP contribution < -0.4 is 0 Å². The van der Waals surface area contributed by atoms with Crippen molar-refractivity contribution in [3.8, 4) is 0 Å². The number of alkyl halides is 3. The Bertz CT molecular complexity index is 534. The number of non-ortho nitro benzene ring substituents is 1. The highest BCUT2D eigenvalue weighted by Crippen LogP contribution is 2.23. The van der Waals surface area contributed by atoms with Crippen LogP contribution in [0.1, 0.15) is 16.8 Å². The van der Waals surface area contributed by atoms with Gasteiger partial charge in [0.05, 0.1) is 16.9 Å². The first-order valence-electron chi connectivity index (χ1n) is 5.38. The summed E-state index contributed by atoms with van der Waals surface area (Å²) < 4.78 is 36.7. The van der Waals surface area contributed by atoms with Crippen molar-refractivity contribution in [2.24, 2.45) is 0 Å². The summed E-state index contributed by atoms with van der Waals surface area (Å²) in [6, 6.07) is 3.67. The minimum Gasteiger partial charge on any atom is -0.341 e. The Morgan fingerprint density at radius 1 is 1.45 bits per heavy atom. The molecule has 0 saturated carbocycles. The summed E-state index contributed by atoms with van der Waals surface area (Å²) >= 11 is 1.80. The van der Waals surface area contributed by atoms with Crippen molar-refractivity contribution in [3.05, 3.63) is 37.4 Å². The smallest absolute Gasteiger partial charge is 0.341 e. The van der Waals surface area contributed by atoms with Gasteiger partial charge in [-0.3, -0.25) is 14.9 Å². The van der Waals surface area contributed by atoms with Gasteiger partial charge in [-0.1, -0.05) is 0 Å². The lowest BCUT2D eigenvalue weighted by atomic mass is 10.1. The largest absolute Gasteiger partial charge is 0.390 e. The Kier molecular flexibility index (Phi) is 5.31. The molecule has 1 aromatic rings. The lowest BCUT2D eigenvalue weighted by Crippen LogP contribution is -2.31. The van der Waals surface area contributed by atoms with Gasteiger partial charge < -0.3 is 4.90 Å². The summed E-state index contributed by atoms with van der Waals surface area (Å²) in [5.41, 5.74) is -0.262. The molecule has 1 rings (SSSR count). The van der Waals surface area contributed by atoms with Crippen LogP contribution >= 0.6 is 22.6 Å². The predicted octanol–water partition coefficient (Wildman–Crippen LogP) is 3.22. The third kappa shape index (κ3) is 4.62. The van der Waals surface area contributed by atoms with Gasteiger partial charge in [0.15, 0.2) is 0 Å². The van der Waals surface area contributed by atoms with Gasteiger partial charge in [-0.15, -0.1) is 0 Å². The average molecular weight is 402 g/mol. The van der Waals surface area contributed by atoms with Crippen molar-refractivity contribution in [2.75, 3.05) is 13.6 Å². The van der Waals surface area contributed by atoms with Gasteiger partial charge in [-0.2, -0.15) is 13.2 Å². The van der Waals surface area contributed by atoms with Crippen molar-refractivity contribution in [3.63, 3.8) is 0 Å². The fourth-order valence-corrected chi connectivity index (χ4v) is 1.96. The Hall–Kier alpha value is -1.39. The maximum atomic E-state index is 12.1. The van der Waals surface area contributed by atoms with Crippen LogP contribution in [0, 0.1) is 13.7 Å². The number of nitro groups is 1. The molecule has 0 aliphatic heterocycles. The average Bonchev–Trinajstić information content (AvgIpc) is 2.34. The molecule has 0 aliphatic carbocycles. The molecule has 0 spiro atoms. The Morgan fingerprint density at radius 3 is 2.55 bits per heavy atom. The molecule has 0 atom stereocenters. The third-order valence-electron chi connectivity index (χ3n) is 2.47. The normalized spacial score (nSPS) is 11.2. The number of rotatable bonds is 4. The van der Waals surface area contributed by atoms with Gasteiger partial charge >= 0.3 is 6.18 Å². The number of hydrogen-bond donors (Lipinski definition) is 0. The zero-order valence-electron chi connectivity index (χ0n) is 10.3. The number of carbonyl (C=O) groups is 1. The van der Waals surface area contributed by atoms with Crippen LogP contribution in [0.25, 0.3) is 0 Å². The molecule has 110 valence electrons. The maximum Gasteiger partial charge on any atom is 0.390 e. The van der Waals surface area contributed by atoms with Crippen molar-refractivity contribution < 1.29 is 22.9 Å². The Morgan fingerprint density at radius 2 is 2.05 bits per heavy atom. The molecular formula is C11H10F3IN2O3. The van der Waals surface area contributed by atoms with Crippen LogP contribution in [-0.2, 0) is 0 Å². The molecule has 9 heteroatoms. The number of nitrogens with zero attached hydrogens (tertiary/aromatic N) is 2. The monoisotopic (exact) mass is 402 g/mol. The minimum atomic E-state index is -4.36. The molecule has 5 nitrogen and oxygen atoms in total. The second-order valence-electron chi connectivity index (χ2n) is 4.01. The van der Waals surface area contributed by atoms with E-state index in [2.05, 4.69) is 0 Å². The van der Waals surface area contributed by atoms with Gasteiger partial charge in [0.1, 0.15) is 0 Å². The fraction of sp³-hybridized carbons (Fsp3) is 0.364. The van der Waals surface area contributed by atoms with Crippen LogP contribution in [0.2, 0.25) is 0 Å². The summed E-state index contributed by atoms with van der Waals surface area (Å²) in [6.07, 6.45) is -5.48. The predicted molar refractivity (Wildman–Crippen MR) is 73.4 cm³/mol. The zero-order valence-corrected chi connectivity index (χ0v) is 12.4. The van der Waals surface area contributed by atoms with Gasteiger partial charge in [-0.05, 0) is 28.7 Å². The highest BCUT2D eigenvalue weighted by atomic mass is 127. The standard InChI is InChI=1S/C11H10F3IN2O3/c1-16(5-4-11(12,13)14)10(18)8-6-7(17(19)20)2-3-9(8)15/h2-3,6H,4-5H2,1H3. The van der Waals surface area contributed by atoms with Crippen LogP contribution in [-0.4, -0.2) is 35.5 Å². The van der Waals surface area contributed by atoms with Crippen LogP contribution in [0.3, 0.4) is 0 Å². The van der Waals surface area contributed by atoms with E-state index in [-0.39, 0.29) is 11.3 Å². The van der Waals surface area contributed by atoms with Gasteiger partial charge in [0.25, 0.3) is 11.6 Å². The number of benzene rings is 1. The third-order valence-corrected chi connectivity index (χ3v) is 3.41. The van der Waals surface area contributed by atoms with E-state index in [4.69, 9.17) is 0 Å². The molecule has 1 aromatic carbocycles. The summed E-state index contributed by atoms with van der Waals surface area (Å²) in [5, 5.41) is 10.6.